The molecule has 0 radical (unpaired) electrons. The number of carbonyl (C=O) groups is 3. The number of likely N-dealkylation sites (tertiary alicyclic amines) is 1. The van der Waals surface area contributed by atoms with Crippen molar-refractivity contribution in [2.75, 3.05) is 18.4 Å². The van der Waals surface area contributed by atoms with E-state index in [-0.39, 0.29) is 60.1 Å². The molecule has 3 N–H and O–H groups in total. The quantitative estimate of drug-likeness (QED) is 0.553. The molecule has 1 aromatic rings. The molecule has 0 spiro atoms. The van der Waals surface area contributed by atoms with Crippen molar-refractivity contribution < 1.29 is 19.5 Å². The second kappa shape index (κ2) is 6.44. The number of aromatic hydroxyl groups is 1. The lowest BCUT2D eigenvalue weighted by Crippen LogP contribution is -2.40. The van der Waals surface area contributed by atoms with E-state index in [0.717, 1.165) is 12.8 Å². The number of pyridine rings is 1. The Morgan fingerprint density at radius 3 is 2.42 bits per heavy atom. The third-order valence-corrected chi connectivity index (χ3v) is 5.49. The summed E-state index contributed by atoms with van der Waals surface area (Å²) < 4.78 is 0. The molecular formula is C18H20N4O4. The smallest absolute Gasteiger partial charge is 0.320 e. The first-order valence-corrected chi connectivity index (χ1v) is 8.78. The van der Waals surface area contributed by atoms with E-state index in [2.05, 4.69) is 27.8 Å². The highest BCUT2D eigenvalue weighted by molar-refractivity contribution is 6.06. The molecule has 1 aliphatic heterocycles. The van der Waals surface area contributed by atoms with Gasteiger partial charge in [-0.15, -0.1) is 0 Å². The highest BCUT2D eigenvalue weighted by atomic mass is 16.3. The largest absolute Gasteiger partial charge is 0.504 e. The maximum atomic E-state index is 12.7. The van der Waals surface area contributed by atoms with E-state index in [4.69, 9.17) is 0 Å². The number of imide groups is 1. The fourth-order valence-corrected chi connectivity index (χ4v) is 4.28. The molecule has 4 unspecified atom stereocenters. The zero-order chi connectivity index (χ0) is 18.3. The molecule has 1 saturated heterocycles. The van der Waals surface area contributed by atoms with Crippen molar-refractivity contribution in [3.8, 4) is 5.75 Å². The van der Waals surface area contributed by atoms with Crippen molar-refractivity contribution in [2.45, 2.75) is 12.8 Å². The van der Waals surface area contributed by atoms with Crippen molar-refractivity contribution >= 4 is 23.7 Å². The molecule has 1 saturated carbocycles. The van der Waals surface area contributed by atoms with Gasteiger partial charge in [0.05, 0.1) is 11.8 Å². The molecule has 1 aromatic heterocycles. The van der Waals surface area contributed by atoms with E-state index < -0.39 is 6.03 Å². The Hall–Kier alpha value is -2.90. The van der Waals surface area contributed by atoms with E-state index in [0.29, 0.717) is 0 Å². The molecular weight excluding hydrogens is 336 g/mol. The highest BCUT2D eigenvalue weighted by Crippen LogP contribution is 2.49. The first-order valence-electron chi connectivity index (χ1n) is 8.78. The number of carbonyl (C=O) groups excluding carboxylic acids is 3. The Labute approximate surface area is 150 Å². The number of urea groups is 1. The Bertz CT molecular complexity index is 761. The number of hydrogen-bond donors (Lipinski definition) is 3. The fourth-order valence-electron chi connectivity index (χ4n) is 4.28. The van der Waals surface area contributed by atoms with Gasteiger partial charge < -0.3 is 10.4 Å². The molecule has 4 atom stereocenters. The average Bonchev–Trinajstić information content (AvgIpc) is 2.92. The van der Waals surface area contributed by atoms with E-state index in [1.807, 2.05) is 0 Å². The molecule has 0 aromatic carbocycles. The summed E-state index contributed by atoms with van der Waals surface area (Å²) in [5, 5.41) is 14.6. The molecule has 3 aliphatic carbocycles. The predicted molar refractivity (Wildman–Crippen MR) is 92.0 cm³/mol. The second-order valence-electron chi connectivity index (χ2n) is 6.92. The Morgan fingerprint density at radius 1 is 1.19 bits per heavy atom. The molecule has 8 nitrogen and oxygen atoms in total. The van der Waals surface area contributed by atoms with Crippen LogP contribution in [0.5, 0.6) is 5.75 Å². The normalized spacial score (nSPS) is 29.0. The van der Waals surface area contributed by atoms with Crippen molar-refractivity contribution in [3.63, 3.8) is 0 Å². The first-order chi connectivity index (χ1) is 12.6. The lowest BCUT2D eigenvalue weighted by molar-refractivity contribution is -0.140. The molecule has 4 amide bonds. The fraction of sp³-hybridized carbons (Fsp3) is 0.444. The SMILES string of the molecule is O=C(NCCN1C(=O)C2C3C=CC(CC3)C2C1=O)Nc1ncccc1O. The van der Waals surface area contributed by atoms with Crippen LogP contribution in [0.1, 0.15) is 12.8 Å². The van der Waals surface area contributed by atoms with Crippen molar-refractivity contribution in [1.82, 2.24) is 15.2 Å². The number of anilines is 1. The van der Waals surface area contributed by atoms with E-state index in [1.54, 1.807) is 6.07 Å². The highest BCUT2D eigenvalue weighted by Gasteiger charge is 2.56. The monoisotopic (exact) mass is 356 g/mol. The van der Waals surface area contributed by atoms with Crippen LogP contribution >= 0.6 is 0 Å². The minimum absolute atomic E-state index is 0.0481. The minimum Gasteiger partial charge on any atom is -0.504 e. The van der Waals surface area contributed by atoms with Gasteiger partial charge >= 0.3 is 6.03 Å². The molecule has 5 rings (SSSR count). The minimum atomic E-state index is -0.558. The van der Waals surface area contributed by atoms with Crippen LogP contribution in [0, 0.1) is 23.7 Å². The van der Waals surface area contributed by atoms with Gasteiger partial charge in [-0.05, 0) is 36.8 Å². The molecule has 2 fully saturated rings. The third kappa shape index (κ3) is 2.71. The topological polar surface area (TPSA) is 112 Å². The van der Waals surface area contributed by atoms with Crippen LogP contribution < -0.4 is 10.6 Å². The van der Waals surface area contributed by atoms with Crippen molar-refractivity contribution in [1.29, 1.82) is 0 Å². The Morgan fingerprint density at radius 2 is 1.85 bits per heavy atom. The maximum absolute atomic E-state index is 12.7. The molecule has 26 heavy (non-hydrogen) atoms. The van der Waals surface area contributed by atoms with Crippen LogP contribution in [0.4, 0.5) is 10.6 Å². The molecule has 2 bridgehead atoms. The standard InChI is InChI=1S/C18H20N4O4/c23-12-2-1-7-19-15(12)21-18(26)20-8-9-22-16(24)13-10-3-4-11(6-5-10)14(13)17(22)25/h1-4,7,10-11,13-14,23H,5-6,8-9H2,(H2,19,20,21,26). The van der Waals surface area contributed by atoms with E-state index in [9.17, 15) is 19.5 Å². The van der Waals surface area contributed by atoms with Gasteiger partial charge in [0.2, 0.25) is 11.8 Å². The van der Waals surface area contributed by atoms with Crippen molar-refractivity contribution in [2.24, 2.45) is 23.7 Å². The Kier molecular flexibility index (Phi) is 4.10. The number of rotatable bonds is 4. The molecule has 8 heteroatoms. The number of amides is 4. The summed E-state index contributed by atoms with van der Waals surface area (Å²) in [7, 11) is 0. The van der Waals surface area contributed by atoms with E-state index >= 15 is 0 Å². The van der Waals surface area contributed by atoms with Gasteiger partial charge in [-0.2, -0.15) is 0 Å². The summed E-state index contributed by atoms with van der Waals surface area (Å²) in [4.78, 5) is 42.3. The summed E-state index contributed by atoms with van der Waals surface area (Å²) in [6, 6.07) is 2.40. The van der Waals surface area contributed by atoms with Crippen LogP contribution in [-0.4, -0.2) is 45.9 Å². The first kappa shape index (κ1) is 16.6. The zero-order valence-corrected chi connectivity index (χ0v) is 14.1. The van der Waals surface area contributed by atoms with Crippen LogP contribution in [0.15, 0.2) is 30.5 Å². The van der Waals surface area contributed by atoms with Gasteiger partial charge in [0, 0.05) is 19.3 Å². The number of allylic oxidation sites excluding steroid dienone is 2. The summed E-state index contributed by atoms with van der Waals surface area (Å²) >= 11 is 0. The van der Waals surface area contributed by atoms with Gasteiger partial charge in [0.15, 0.2) is 11.6 Å². The number of fused-ring (bicyclic) bond motifs is 1. The molecule has 2 heterocycles. The van der Waals surface area contributed by atoms with Crippen LogP contribution in [0.25, 0.3) is 0 Å². The lowest BCUT2D eigenvalue weighted by atomic mass is 9.63. The summed E-state index contributed by atoms with van der Waals surface area (Å²) in [6.45, 7) is 0.283. The average molecular weight is 356 g/mol. The van der Waals surface area contributed by atoms with Gasteiger partial charge in [0.1, 0.15) is 0 Å². The van der Waals surface area contributed by atoms with Gasteiger partial charge in [0.25, 0.3) is 0 Å². The summed E-state index contributed by atoms with van der Waals surface area (Å²) in [6.07, 6.45) is 7.53. The maximum Gasteiger partial charge on any atom is 0.320 e. The molecule has 136 valence electrons. The molecule has 4 aliphatic rings. The second-order valence-corrected chi connectivity index (χ2v) is 6.92. The Balaban J connectivity index is 1.33. The third-order valence-electron chi connectivity index (χ3n) is 5.49. The lowest BCUT2D eigenvalue weighted by Gasteiger charge is -2.38. The van der Waals surface area contributed by atoms with Crippen molar-refractivity contribution in [3.05, 3.63) is 30.5 Å². The predicted octanol–water partition coefficient (Wildman–Crippen LogP) is 1.11. The van der Waals surface area contributed by atoms with E-state index in [1.165, 1.54) is 17.2 Å². The van der Waals surface area contributed by atoms with Gasteiger partial charge in [-0.3, -0.25) is 19.8 Å². The summed E-state index contributed by atoms with van der Waals surface area (Å²) in [5.41, 5.74) is 0. The number of aromatic nitrogens is 1. The van der Waals surface area contributed by atoms with Gasteiger partial charge in [-0.25, -0.2) is 9.78 Å². The van der Waals surface area contributed by atoms with Crippen LogP contribution in [0.2, 0.25) is 0 Å². The number of nitrogens with one attached hydrogen (secondary N) is 2. The van der Waals surface area contributed by atoms with Crippen LogP contribution in [0.3, 0.4) is 0 Å². The van der Waals surface area contributed by atoms with Gasteiger partial charge in [-0.1, -0.05) is 12.2 Å². The summed E-state index contributed by atoms with van der Waals surface area (Å²) in [5.74, 6) is -0.473. The van der Waals surface area contributed by atoms with Crippen LogP contribution in [-0.2, 0) is 9.59 Å². The number of hydrogen-bond acceptors (Lipinski definition) is 5. The zero-order valence-electron chi connectivity index (χ0n) is 14.1. The number of nitrogens with zero attached hydrogens (tertiary/aromatic N) is 2.